The second-order valence-corrected chi connectivity index (χ2v) is 9.78. The van der Waals surface area contributed by atoms with Gasteiger partial charge in [0.2, 0.25) is 17.5 Å². The standard InChI is InChI=1S/C26H22F2N6O/c1-4-20-31-24(34-35-20)23-29-11-9-19(30-23)26-10-8-14(13-25(26,2)3)15-12-18(32-33-22(15)26)21-16(27)6-5-7-17(21)28/h4-7,9,11-12,14H,1,8,10,13H2,2-3H3/t14-,26+/m1/s1. The maximum absolute atomic E-state index is 14.5. The van der Waals surface area contributed by atoms with E-state index in [1.165, 1.54) is 24.3 Å². The molecule has 0 amide bonds. The van der Waals surface area contributed by atoms with Crippen LogP contribution in [0.2, 0.25) is 0 Å². The highest BCUT2D eigenvalue weighted by Gasteiger charge is 2.59. The summed E-state index contributed by atoms with van der Waals surface area (Å²) >= 11 is 0. The molecule has 3 heterocycles. The lowest BCUT2D eigenvalue weighted by Gasteiger charge is -2.56. The molecule has 0 N–H and O–H groups in total. The van der Waals surface area contributed by atoms with E-state index in [2.05, 4.69) is 45.7 Å². The molecule has 3 aromatic heterocycles. The van der Waals surface area contributed by atoms with Crippen molar-refractivity contribution < 1.29 is 13.3 Å². The monoisotopic (exact) mass is 472 g/mol. The van der Waals surface area contributed by atoms with E-state index >= 15 is 0 Å². The van der Waals surface area contributed by atoms with Crippen molar-refractivity contribution in [1.29, 1.82) is 0 Å². The molecule has 0 aliphatic heterocycles. The number of hydrogen-bond donors (Lipinski definition) is 0. The summed E-state index contributed by atoms with van der Waals surface area (Å²) in [7, 11) is 0. The van der Waals surface area contributed by atoms with Gasteiger partial charge in [0, 0.05) is 6.20 Å². The molecule has 3 aliphatic carbocycles. The van der Waals surface area contributed by atoms with E-state index < -0.39 is 17.0 Å². The van der Waals surface area contributed by atoms with E-state index in [0.717, 1.165) is 36.2 Å². The number of fused-ring (bicyclic) bond motifs is 2. The maximum Gasteiger partial charge on any atom is 0.250 e. The second-order valence-electron chi connectivity index (χ2n) is 9.78. The predicted octanol–water partition coefficient (Wildman–Crippen LogP) is 5.50. The summed E-state index contributed by atoms with van der Waals surface area (Å²) in [5.74, 6) is -0.187. The van der Waals surface area contributed by atoms with Crippen molar-refractivity contribution in [3.63, 3.8) is 0 Å². The molecule has 4 aromatic rings. The topological polar surface area (TPSA) is 90.5 Å². The Morgan fingerprint density at radius 3 is 2.60 bits per heavy atom. The molecule has 2 atom stereocenters. The lowest BCUT2D eigenvalue weighted by molar-refractivity contribution is 0.0811. The first-order chi connectivity index (χ1) is 16.8. The van der Waals surface area contributed by atoms with Gasteiger partial charge < -0.3 is 4.52 Å². The normalized spacial score (nSPS) is 22.1. The number of halogens is 2. The Morgan fingerprint density at radius 1 is 1.09 bits per heavy atom. The van der Waals surface area contributed by atoms with Crippen LogP contribution in [0.4, 0.5) is 8.78 Å². The highest BCUT2D eigenvalue weighted by Crippen LogP contribution is 2.63. The van der Waals surface area contributed by atoms with Gasteiger partial charge in [0.25, 0.3) is 0 Å². The molecule has 1 fully saturated rings. The van der Waals surface area contributed by atoms with Crippen molar-refractivity contribution in [3.8, 4) is 22.9 Å². The van der Waals surface area contributed by atoms with Crippen LogP contribution < -0.4 is 0 Å². The van der Waals surface area contributed by atoms with E-state index in [1.807, 2.05) is 6.07 Å². The van der Waals surface area contributed by atoms with Gasteiger partial charge in [-0.15, -0.1) is 5.10 Å². The van der Waals surface area contributed by atoms with Crippen LogP contribution >= 0.6 is 0 Å². The van der Waals surface area contributed by atoms with Crippen molar-refractivity contribution in [3.05, 3.63) is 77.6 Å². The molecule has 1 aromatic carbocycles. The summed E-state index contributed by atoms with van der Waals surface area (Å²) < 4.78 is 34.1. The van der Waals surface area contributed by atoms with Crippen LogP contribution in [-0.2, 0) is 5.41 Å². The molecule has 0 unspecified atom stereocenters. The summed E-state index contributed by atoms with van der Waals surface area (Å²) in [4.78, 5) is 13.5. The van der Waals surface area contributed by atoms with Gasteiger partial charge in [0.05, 0.1) is 28.1 Å². The summed E-state index contributed by atoms with van der Waals surface area (Å²) in [5.41, 5.74) is 1.85. The smallest absolute Gasteiger partial charge is 0.250 e. The fourth-order valence-corrected chi connectivity index (χ4v) is 5.95. The first-order valence-corrected chi connectivity index (χ1v) is 11.5. The third-order valence-electron chi connectivity index (χ3n) is 7.58. The van der Waals surface area contributed by atoms with Crippen molar-refractivity contribution in [2.75, 3.05) is 0 Å². The minimum Gasteiger partial charge on any atom is -0.334 e. The molecule has 7 rings (SSSR count). The fraction of sp³-hybridized carbons (Fsp3) is 0.308. The van der Waals surface area contributed by atoms with E-state index in [-0.39, 0.29) is 34.3 Å². The van der Waals surface area contributed by atoms with E-state index in [1.54, 1.807) is 12.3 Å². The summed E-state index contributed by atoms with van der Waals surface area (Å²) in [6.07, 6.45) is 5.76. The van der Waals surface area contributed by atoms with Crippen LogP contribution in [0.25, 0.3) is 29.0 Å². The summed E-state index contributed by atoms with van der Waals surface area (Å²) in [6.45, 7) is 8.06. The van der Waals surface area contributed by atoms with Gasteiger partial charge in [-0.25, -0.2) is 18.7 Å². The van der Waals surface area contributed by atoms with E-state index in [4.69, 9.17) is 9.51 Å². The van der Waals surface area contributed by atoms with Crippen LogP contribution in [0.5, 0.6) is 0 Å². The molecule has 0 spiro atoms. The summed E-state index contributed by atoms with van der Waals surface area (Å²) in [5, 5.41) is 12.9. The van der Waals surface area contributed by atoms with Crippen LogP contribution in [0, 0.1) is 17.0 Å². The van der Waals surface area contributed by atoms with Crippen molar-refractivity contribution in [1.82, 2.24) is 30.3 Å². The average molecular weight is 472 g/mol. The number of aromatic nitrogens is 6. The van der Waals surface area contributed by atoms with Gasteiger partial charge in [-0.3, -0.25) is 0 Å². The minimum atomic E-state index is -0.658. The molecular weight excluding hydrogens is 450 g/mol. The van der Waals surface area contributed by atoms with Gasteiger partial charge in [0.15, 0.2) is 0 Å². The number of benzene rings is 1. The highest BCUT2D eigenvalue weighted by molar-refractivity contribution is 5.63. The van der Waals surface area contributed by atoms with Crippen LogP contribution in [0.1, 0.15) is 61.9 Å². The Bertz CT molecular complexity index is 1460. The maximum atomic E-state index is 14.5. The minimum absolute atomic E-state index is 0.156. The lowest BCUT2D eigenvalue weighted by atomic mass is 9.47. The highest BCUT2D eigenvalue weighted by atomic mass is 19.1. The molecule has 176 valence electrons. The molecule has 7 nitrogen and oxygen atoms in total. The van der Waals surface area contributed by atoms with Gasteiger partial charge in [-0.2, -0.15) is 10.1 Å². The zero-order valence-electron chi connectivity index (χ0n) is 19.3. The van der Waals surface area contributed by atoms with Crippen LogP contribution in [0.15, 0.2) is 47.6 Å². The molecule has 9 heteroatoms. The lowest BCUT2D eigenvalue weighted by Crippen LogP contribution is -2.53. The van der Waals surface area contributed by atoms with Gasteiger partial charge in [-0.05, 0) is 66.5 Å². The average Bonchev–Trinajstić information content (AvgIpc) is 3.33. The van der Waals surface area contributed by atoms with Crippen molar-refractivity contribution in [2.24, 2.45) is 5.41 Å². The first kappa shape index (κ1) is 21.6. The summed E-state index contributed by atoms with van der Waals surface area (Å²) in [6, 6.07) is 7.49. The Hall–Kier alpha value is -3.88. The molecular formula is C26H22F2N6O. The van der Waals surface area contributed by atoms with Crippen LogP contribution in [0.3, 0.4) is 0 Å². The Kier molecular flexibility index (Phi) is 4.67. The van der Waals surface area contributed by atoms with Gasteiger partial charge >= 0.3 is 0 Å². The molecule has 1 saturated carbocycles. The molecule has 3 aliphatic rings. The predicted molar refractivity (Wildman–Crippen MR) is 124 cm³/mol. The van der Waals surface area contributed by atoms with Crippen molar-refractivity contribution >= 4 is 6.08 Å². The number of hydrogen-bond acceptors (Lipinski definition) is 7. The number of rotatable bonds is 4. The van der Waals surface area contributed by atoms with Gasteiger partial charge in [-0.1, -0.05) is 31.6 Å². The Morgan fingerprint density at radius 2 is 1.89 bits per heavy atom. The fourth-order valence-electron chi connectivity index (χ4n) is 5.95. The SMILES string of the molecule is C=Cc1nc(-c2nccc([C@]34CC[C@H](CC3(C)C)c3cc(-c5c(F)cccc5F)nnc34)n2)no1. The zero-order chi connectivity index (χ0) is 24.4. The third-order valence-corrected chi connectivity index (χ3v) is 7.58. The first-order valence-electron chi connectivity index (χ1n) is 11.5. The molecule has 0 radical (unpaired) electrons. The second kappa shape index (κ2) is 7.56. The van der Waals surface area contributed by atoms with E-state index in [0.29, 0.717) is 5.82 Å². The Balaban J connectivity index is 1.53. The quantitative estimate of drug-likeness (QED) is 0.387. The number of nitrogens with zero attached hydrogens (tertiary/aromatic N) is 6. The van der Waals surface area contributed by atoms with Crippen LogP contribution in [-0.4, -0.2) is 30.3 Å². The Labute approximate surface area is 200 Å². The third kappa shape index (κ3) is 3.07. The van der Waals surface area contributed by atoms with E-state index in [9.17, 15) is 8.78 Å². The van der Waals surface area contributed by atoms with Crippen molar-refractivity contribution in [2.45, 2.75) is 44.4 Å². The van der Waals surface area contributed by atoms with Gasteiger partial charge in [0.1, 0.15) is 11.6 Å². The molecule has 35 heavy (non-hydrogen) atoms. The molecule has 0 saturated heterocycles. The largest absolute Gasteiger partial charge is 0.334 e. The molecule has 2 bridgehead atoms. The zero-order valence-corrected chi connectivity index (χ0v) is 19.3.